The van der Waals surface area contributed by atoms with E-state index < -0.39 is 0 Å². The SMILES string of the molecule is C[C@@H](C(=O)N1C[C@H]2C[C@@H](C1)[C@@H]1CCCC(=O)N1C2)c1ccc(C[C@@H]2CCCC2=O)cc1. The van der Waals surface area contributed by atoms with E-state index >= 15 is 0 Å². The molecule has 1 saturated carbocycles. The molecule has 0 radical (unpaired) electrons. The second-order valence-electron chi connectivity index (χ2n) is 10.3. The minimum absolute atomic E-state index is 0.162. The van der Waals surface area contributed by atoms with Gasteiger partial charge in [-0.2, -0.15) is 0 Å². The molecular weight excluding hydrogens is 388 g/mol. The van der Waals surface area contributed by atoms with Crippen LogP contribution in [0.5, 0.6) is 0 Å². The smallest absolute Gasteiger partial charge is 0.229 e. The molecule has 166 valence electrons. The van der Waals surface area contributed by atoms with Crippen LogP contribution in [0.25, 0.3) is 0 Å². The number of piperidine rings is 3. The summed E-state index contributed by atoms with van der Waals surface area (Å²) in [4.78, 5) is 41.8. The molecule has 5 heteroatoms. The van der Waals surface area contributed by atoms with Crippen LogP contribution in [0, 0.1) is 17.8 Å². The summed E-state index contributed by atoms with van der Waals surface area (Å²) in [5.41, 5.74) is 2.25. The molecule has 0 unspecified atom stereocenters. The van der Waals surface area contributed by atoms with Crippen LogP contribution in [0.2, 0.25) is 0 Å². The van der Waals surface area contributed by atoms with Gasteiger partial charge in [0.15, 0.2) is 0 Å². The van der Waals surface area contributed by atoms with Crippen molar-refractivity contribution in [3.05, 3.63) is 35.4 Å². The fourth-order valence-corrected chi connectivity index (χ4v) is 6.54. The predicted molar refractivity (Wildman–Crippen MR) is 118 cm³/mol. The Morgan fingerprint density at radius 3 is 2.55 bits per heavy atom. The fourth-order valence-electron chi connectivity index (χ4n) is 6.54. The highest BCUT2D eigenvalue weighted by Gasteiger charge is 2.45. The lowest BCUT2D eigenvalue weighted by atomic mass is 9.75. The number of carbonyl (C=O) groups excluding carboxylic acids is 3. The van der Waals surface area contributed by atoms with Crippen LogP contribution in [0.3, 0.4) is 0 Å². The summed E-state index contributed by atoms with van der Waals surface area (Å²) >= 11 is 0. The number of nitrogens with zero attached hydrogens (tertiary/aromatic N) is 2. The van der Waals surface area contributed by atoms with E-state index in [1.807, 2.05) is 6.92 Å². The van der Waals surface area contributed by atoms with Gasteiger partial charge in [0.2, 0.25) is 11.8 Å². The zero-order chi connectivity index (χ0) is 21.5. The molecule has 3 saturated heterocycles. The first-order valence-electron chi connectivity index (χ1n) is 12.2. The molecule has 0 N–H and O–H groups in total. The lowest BCUT2D eigenvalue weighted by Crippen LogP contribution is -2.61. The number of rotatable bonds is 4. The van der Waals surface area contributed by atoms with Gasteiger partial charge >= 0.3 is 0 Å². The fraction of sp³-hybridized carbons (Fsp3) is 0.654. The maximum atomic E-state index is 13.4. The van der Waals surface area contributed by atoms with Crippen molar-refractivity contribution in [1.29, 1.82) is 0 Å². The molecule has 0 aromatic heterocycles. The number of hydrogen-bond acceptors (Lipinski definition) is 3. The van der Waals surface area contributed by atoms with Crippen LogP contribution in [0.1, 0.15) is 68.9 Å². The first-order chi connectivity index (χ1) is 15.0. The van der Waals surface area contributed by atoms with Gasteiger partial charge in [-0.3, -0.25) is 14.4 Å². The van der Waals surface area contributed by atoms with Gasteiger partial charge in [0.05, 0.1) is 5.92 Å². The Morgan fingerprint density at radius 2 is 1.81 bits per heavy atom. The Kier molecular flexibility index (Phi) is 5.61. The molecular formula is C26H34N2O3. The van der Waals surface area contributed by atoms with Crippen molar-refractivity contribution in [2.45, 2.75) is 70.3 Å². The maximum Gasteiger partial charge on any atom is 0.229 e. The highest BCUT2D eigenvalue weighted by atomic mass is 16.2. The molecule has 1 aromatic rings. The second-order valence-corrected chi connectivity index (χ2v) is 10.3. The van der Waals surface area contributed by atoms with Gasteiger partial charge in [-0.25, -0.2) is 0 Å². The Balaban J connectivity index is 1.23. The van der Waals surface area contributed by atoms with Gasteiger partial charge in [0.25, 0.3) is 0 Å². The molecule has 5 atom stereocenters. The van der Waals surface area contributed by atoms with Crippen LogP contribution in [0.4, 0.5) is 0 Å². The van der Waals surface area contributed by atoms with Crippen molar-refractivity contribution in [3.8, 4) is 0 Å². The Labute approximate surface area is 185 Å². The molecule has 2 bridgehead atoms. The van der Waals surface area contributed by atoms with Gasteiger partial charge in [-0.05, 0) is 68.4 Å². The van der Waals surface area contributed by atoms with E-state index in [4.69, 9.17) is 0 Å². The van der Waals surface area contributed by atoms with Gasteiger partial charge in [-0.15, -0.1) is 0 Å². The van der Waals surface area contributed by atoms with E-state index in [0.29, 0.717) is 36.0 Å². The molecule has 5 nitrogen and oxygen atoms in total. The van der Waals surface area contributed by atoms with E-state index in [1.165, 1.54) is 5.56 Å². The summed E-state index contributed by atoms with van der Waals surface area (Å²) < 4.78 is 0. The third kappa shape index (κ3) is 4.04. The second kappa shape index (κ2) is 8.40. The van der Waals surface area contributed by atoms with Crippen molar-refractivity contribution in [3.63, 3.8) is 0 Å². The lowest BCUT2D eigenvalue weighted by Gasteiger charge is -2.52. The molecule has 4 aliphatic rings. The number of fused-ring (bicyclic) bond motifs is 4. The zero-order valence-corrected chi connectivity index (χ0v) is 18.6. The highest BCUT2D eigenvalue weighted by Crippen LogP contribution is 2.38. The Bertz CT molecular complexity index is 864. The van der Waals surface area contributed by atoms with Crippen molar-refractivity contribution >= 4 is 17.6 Å². The first kappa shape index (κ1) is 20.7. The van der Waals surface area contributed by atoms with Crippen LogP contribution >= 0.6 is 0 Å². The molecule has 1 aliphatic carbocycles. The average molecular weight is 423 g/mol. The number of carbonyl (C=O) groups is 3. The molecule has 1 aromatic carbocycles. The van der Waals surface area contributed by atoms with Crippen LogP contribution in [-0.4, -0.2) is 53.1 Å². The first-order valence-corrected chi connectivity index (χ1v) is 12.2. The van der Waals surface area contributed by atoms with E-state index in [2.05, 4.69) is 34.1 Å². The molecule has 0 spiro atoms. The summed E-state index contributed by atoms with van der Waals surface area (Å²) in [6.07, 6.45) is 7.53. The minimum atomic E-state index is -0.162. The number of Topliss-reactive ketones (excluding diaryl/α,β-unsaturated/α-hetero) is 1. The topological polar surface area (TPSA) is 57.7 Å². The Hall–Kier alpha value is -2.17. The van der Waals surface area contributed by atoms with Gasteiger partial charge < -0.3 is 9.80 Å². The average Bonchev–Trinajstić information content (AvgIpc) is 3.18. The quantitative estimate of drug-likeness (QED) is 0.745. The summed E-state index contributed by atoms with van der Waals surface area (Å²) in [5, 5.41) is 0. The van der Waals surface area contributed by atoms with Crippen LogP contribution in [-0.2, 0) is 20.8 Å². The standard InChI is InChI=1S/C26H34N2O3/c1-17(20-10-8-18(9-11-20)12-21-4-2-6-24(21)29)26(31)27-14-19-13-22(16-27)23-5-3-7-25(30)28(23)15-19/h8-11,17,19,21-23H,2-7,12-16H2,1H3/t17-,19-,21+,22+,23+/m1/s1. The molecule has 4 fully saturated rings. The number of hydrogen-bond donors (Lipinski definition) is 0. The number of benzene rings is 1. The van der Waals surface area contributed by atoms with Crippen molar-refractivity contribution < 1.29 is 14.4 Å². The van der Waals surface area contributed by atoms with E-state index in [-0.39, 0.29) is 17.7 Å². The van der Waals surface area contributed by atoms with Crippen LogP contribution < -0.4 is 0 Å². The third-order valence-electron chi connectivity index (χ3n) is 8.25. The molecule has 5 rings (SSSR count). The van der Waals surface area contributed by atoms with Crippen molar-refractivity contribution in [1.82, 2.24) is 9.80 Å². The summed E-state index contributed by atoms with van der Waals surface area (Å²) in [5.74, 6) is 1.80. The molecule has 2 amide bonds. The predicted octanol–water partition coefficient (Wildman–Crippen LogP) is 3.56. The summed E-state index contributed by atoms with van der Waals surface area (Å²) in [6, 6.07) is 8.68. The third-order valence-corrected chi connectivity index (χ3v) is 8.25. The van der Waals surface area contributed by atoms with Gasteiger partial charge in [0, 0.05) is 44.4 Å². The Morgan fingerprint density at radius 1 is 1.03 bits per heavy atom. The summed E-state index contributed by atoms with van der Waals surface area (Å²) in [7, 11) is 0. The molecule has 31 heavy (non-hydrogen) atoms. The van der Waals surface area contributed by atoms with Crippen molar-refractivity contribution in [2.75, 3.05) is 19.6 Å². The minimum Gasteiger partial charge on any atom is -0.341 e. The van der Waals surface area contributed by atoms with Crippen molar-refractivity contribution in [2.24, 2.45) is 17.8 Å². The lowest BCUT2D eigenvalue weighted by molar-refractivity contribution is -0.149. The number of ketones is 1. The zero-order valence-electron chi connectivity index (χ0n) is 18.6. The van der Waals surface area contributed by atoms with E-state index in [0.717, 1.165) is 70.1 Å². The highest BCUT2D eigenvalue weighted by molar-refractivity contribution is 5.84. The monoisotopic (exact) mass is 422 g/mol. The largest absolute Gasteiger partial charge is 0.341 e. The van der Waals surface area contributed by atoms with E-state index in [1.54, 1.807) is 0 Å². The number of likely N-dealkylation sites (tertiary alicyclic amines) is 1. The van der Waals surface area contributed by atoms with E-state index in [9.17, 15) is 14.4 Å². The molecule has 3 heterocycles. The van der Waals surface area contributed by atoms with Crippen LogP contribution in [0.15, 0.2) is 24.3 Å². The molecule has 3 aliphatic heterocycles. The maximum absolute atomic E-state index is 13.4. The normalized spacial score (nSPS) is 31.5. The number of amides is 2. The van der Waals surface area contributed by atoms with Gasteiger partial charge in [0.1, 0.15) is 5.78 Å². The summed E-state index contributed by atoms with van der Waals surface area (Å²) in [6.45, 7) is 4.40. The van der Waals surface area contributed by atoms with Gasteiger partial charge in [-0.1, -0.05) is 24.3 Å².